The predicted molar refractivity (Wildman–Crippen MR) is 66.0 cm³/mol. The molecule has 0 unspecified atom stereocenters. The van der Waals surface area contributed by atoms with Crippen molar-refractivity contribution in [1.29, 1.82) is 0 Å². The summed E-state index contributed by atoms with van der Waals surface area (Å²) in [5.41, 5.74) is 2.93. The minimum Gasteiger partial charge on any atom is -0.465 e. The van der Waals surface area contributed by atoms with Crippen molar-refractivity contribution in [2.45, 2.75) is 20.0 Å². The lowest BCUT2D eigenvalue weighted by Gasteiger charge is -2.06. The first-order valence-corrected chi connectivity index (χ1v) is 5.97. The molecule has 1 heterocycles. The van der Waals surface area contributed by atoms with Crippen LogP contribution >= 0.6 is 0 Å². The zero-order valence-electron chi connectivity index (χ0n) is 10.3. The van der Waals surface area contributed by atoms with Crippen molar-refractivity contribution in [2.75, 3.05) is 13.2 Å². The van der Waals surface area contributed by atoms with Gasteiger partial charge in [-0.1, -0.05) is 6.07 Å². The Hall–Kier alpha value is -1.88. The minimum absolute atomic E-state index is 0.0952. The van der Waals surface area contributed by atoms with Crippen LogP contribution in [-0.2, 0) is 22.6 Å². The third-order valence-electron chi connectivity index (χ3n) is 2.80. The van der Waals surface area contributed by atoms with Crippen molar-refractivity contribution in [3.05, 3.63) is 34.9 Å². The van der Waals surface area contributed by atoms with E-state index in [1.165, 1.54) is 5.56 Å². The molecule has 1 aromatic carbocycles. The maximum Gasteiger partial charge on any atom is 0.325 e. The largest absolute Gasteiger partial charge is 0.465 e. The van der Waals surface area contributed by atoms with Crippen LogP contribution < -0.4 is 10.6 Å². The average Bonchev–Trinajstić information content (AvgIpc) is 2.83. The van der Waals surface area contributed by atoms with E-state index >= 15 is 0 Å². The minimum atomic E-state index is -0.423. The van der Waals surface area contributed by atoms with Gasteiger partial charge < -0.3 is 15.4 Å². The molecule has 1 amide bonds. The number of ether oxygens (including phenoxy) is 1. The SMILES string of the molecule is CCOC(=O)CNC(=O)c1ccc2c(c1)CNC2. The molecule has 0 saturated carbocycles. The topological polar surface area (TPSA) is 67.4 Å². The van der Waals surface area contributed by atoms with Gasteiger partial charge in [-0.3, -0.25) is 9.59 Å². The maximum absolute atomic E-state index is 11.8. The third-order valence-corrected chi connectivity index (χ3v) is 2.80. The van der Waals surface area contributed by atoms with Crippen LogP contribution in [0.25, 0.3) is 0 Å². The van der Waals surface area contributed by atoms with Gasteiger partial charge >= 0.3 is 5.97 Å². The Bertz CT molecular complexity index is 471. The van der Waals surface area contributed by atoms with E-state index in [1.54, 1.807) is 13.0 Å². The number of benzene rings is 1. The van der Waals surface area contributed by atoms with Crippen LogP contribution in [0.1, 0.15) is 28.4 Å². The summed E-state index contributed by atoms with van der Waals surface area (Å²) in [6, 6.07) is 5.57. The number of hydrogen-bond acceptors (Lipinski definition) is 4. The van der Waals surface area contributed by atoms with Crippen LogP contribution in [0, 0.1) is 0 Å². The highest BCUT2D eigenvalue weighted by Crippen LogP contribution is 2.16. The highest BCUT2D eigenvalue weighted by Gasteiger charge is 2.14. The van der Waals surface area contributed by atoms with E-state index in [9.17, 15) is 9.59 Å². The van der Waals surface area contributed by atoms with E-state index in [0.717, 1.165) is 18.7 Å². The van der Waals surface area contributed by atoms with E-state index in [0.29, 0.717) is 12.2 Å². The smallest absolute Gasteiger partial charge is 0.325 e. The summed E-state index contributed by atoms with van der Waals surface area (Å²) in [7, 11) is 0. The van der Waals surface area contributed by atoms with Crippen LogP contribution in [0.4, 0.5) is 0 Å². The molecule has 0 aliphatic carbocycles. The van der Waals surface area contributed by atoms with Crippen LogP contribution in [0.15, 0.2) is 18.2 Å². The Morgan fingerprint density at radius 1 is 1.33 bits per heavy atom. The summed E-state index contributed by atoms with van der Waals surface area (Å²) >= 11 is 0. The molecule has 0 bridgehead atoms. The number of nitrogens with one attached hydrogen (secondary N) is 2. The van der Waals surface area contributed by atoms with Gasteiger partial charge in [0, 0.05) is 18.7 Å². The van der Waals surface area contributed by atoms with Crippen molar-refractivity contribution >= 4 is 11.9 Å². The van der Waals surface area contributed by atoms with Crippen molar-refractivity contribution in [3.63, 3.8) is 0 Å². The van der Waals surface area contributed by atoms with E-state index in [4.69, 9.17) is 4.74 Å². The van der Waals surface area contributed by atoms with Gasteiger partial charge in [0.05, 0.1) is 6.61 Å². The monoisotopic (exact) mass is 248 g/mol. The lowest BCUT2D eigenvalue weighted by molar-refractivity contribution is -0.141. The zero-order chi connectivity index (χ0) is 13.0. The number of carbonyl (C=O) groups excluding carboxylic acids is 2. The standard InChI is InChI=1S/C13H16N2O3/c1-2-18-12(16)8-15-13(17)9-3-4-10-6-14-7-11(10)5-9/h3-5,14H,2,6-8H2,1H3,(H,15,17). The molecule has 1 aliphatic rings. The second kappa shape index (κ2) is 5.64. The van der Waals surface area contributed by atoms with Crippen LogP contribution in [0.2, 0.25) is 0 Å². The van der Waals surface area contributed by atoms with Crippen LogP contribution in [0.5, 0.6) is 0 Å². The average molecular weight is 248 g/mol. The van der Waals surface area contributed by atoms with E-state index < -0.39 is 5.97 Å². The number of esters is 1. The first-order chi connectivity index (χ1) is 8.70. The zero-order valence-corrected chi connectivity index (χ0v) is 10.3. The molecule has 0 fully saturated rings. The first-order valence-electron chi connectivity index (χ1n) is 5.97. The normalized spacial score (nSPS) is 12.9. The van der Waals surface area contributed by atoms with Gasteiger partial charge in [0.1, 0.15) is 6.54 Å². The predicted octanol–water partition coefficient (Wildman–Crippen LogP) is 0.583. The van der Waals surface area contributed by atoms with Gasteiger partial charge in [-0.2, -0.15) is 0 Å². The Kier molecular flexibility index (Phi) is 3.94. The van der Waals surface area contributed by atoms with Gasteiger partial charge in [0.15, 0.2) is 0 Å². The van der Waals surface area contributed by atoms with Gasteiger partial charge in [-0.15, -0.1) is 0 Å². The summed E-state index contributed by atoms with van der Waals surface area (Å²) in [6.07, 6.45) is 0. The molecule has 18 heavy (non-hydrogen) atoms. The van der Waals surface area contributed by atoms with E-state index in [1.807, 2.05) is 12.1 Å². The van der Waals surface area contributed by atoms with Crippen LogP contribution in [-0.4, -0.2) is 25.0 Å². The summed E-state index contributed by atoms with van der Waals surface area (Å²) in [5, 5.41) is 5.76. The summed E-state index contributed by atoms with van der Waals surface area (Å²) in [6.45, 7) is 3.59. The molecule has 96 valence electrons. The first kappa shape index (κ1) is 12.6. The van der Waals surface area contributed by atoms with E-state index in [2.05, 4.69) is 10.6 Å². The second-order valence-corrected chi connectivity index (χ2v) is 4.07. The fourth-order valence-corrected chi connectivity index (χ4v) is 1.90. The van der Waals surface area contributed by atoms with Gasteiger partial charge in [-0.25, -0.2) is 0 Å². The molecule has 0 aromatic heterocycles. The third kappa shape index (κ3) is 2.87. The molecule has 0 saturated heterocycles. The molecule has 0 spiro atoms. The Morgan fingerprint density at radius 2 is 2.11 bits per heavy atom. The number of carbonyl (C=O) groups is 2. The molecule has 5 nitrogen and oxygen atoms in total. The van der Waals surface area contributed by atoms with Crippen molar-refractivity contribution in [2.24, 2.45) is 0 Å². The fraction of sp³-hybridized carbons (Fsp3) is 0.385. The lowest BCUT2D eigenvalue weighted by atomic mass is 10.1. The molecule has 2 N–H and O–H groups in total. The van der Waals surface area contributed by atoms with Gasteiger partial charge in [0.25, 0.3) is 5.91 Å². The van der Waals surface area contributed by atoms with Gasteiger partial charge in [-0.05, 0) is 30.2 Å². The number of hydrogen-bond donors (Lipinski definition) is 2. The van der Waals surface area contributed by atoms with Gasteiger partial charge in [0.2, 0.25) is 0 Å². The molecule has 5 heteroatoms. The molecule has 0 atom stereocenters. The molecule has 2 rings (SSSR count). The maximum atomic E-state index is 11.8. The Labute approximate surface area is 106 Å². The summed E-state index contributed by atoms with van der Waals surface area (Å²) < 4.78 is 4.74. The molecule has 1 aliphatic heterocycles. The lowest BCUT2D eigenvalue weighted by Crippen LogP contribution is -2.30. The molecule has 0 radical (unpaired) electrons. The Balaban J connectivity index is 1.95. The highest BCUT2D eigenvalue weighted by molar-refractivity contribution is 5.96. The summed E-state index contributed by atoms with van der Waals surface area (Å²) in [5.74, 6) is -0.675. The second-order valence-electron chi connectivity index (χ2n) is 4.07. The number of amides is 1. The number of rotatable bonds is 4. The fourth-order valence-electron chi connectivity index (χ4n) is 1.90. The molecular formula is C13H16N2O3. The van der Waals surface area contributed by atoms with E-state index in [-0.39, 0.29) is 12.5 Å². The van der Waals surface area contributed by atoms with Crippen molar-refractivity contribution < 1.29 is 14.3 Å². The highest BCUT2D eigenvalue weighted by atomic mass is 16.5. The van der Waals surface area contributed by atoms with Crippen LogP contribution in [0.3, 0.4) is 0 Å². The van der Waals surface area contributed by atoms with Crippen molar-refractivity contribution in [3.8, 4) is 0 Å². The number of fused-ring (bicyclic) bond motifs is 1. The quantitative estimate of drug-likeness (QED) is 0.765. The molecule has 1 aromatic rings. The summed E-state index contributed by atoms with van der Waals surface area (Å²) in [4.78, 5) is 22.9. The molecular weight excluding hydrogens is 232 g/mol. The van der Waals surface area contributed by atoms with Crippen molar-refractivity contribution in [1.82, 2.24) is 10.6 Å². The Morgan fingerprint density at radius 3 is 2.89 bits per heavy atom.